The fourth-order valence-electron chi connectivity index (χ4n) is 1.52. The molecule has 1 aromatic rings. The van der Waals surface area contributed by atoms with Gasteiger partial charge in [-0.15, -0.1) is 0 Å². The molecule has 0 saturated carbocycles. The van der Waals surface area contributed by atoms with Crippen molar-refractivity contribution in [3.05, 3.63) is 34.3 Å². The van der Waals surface area contributed by atoms with Crippen molar-refractivity contribution in [2.75, 3.05) is 0 Å². The predicted octanol–water partition coefficient (Wildman–Crippen LogP) is 1.42. The standard InChI is InChI=1S/C11H12BrNO4/c12-7-3-1-6(2-4-7)8(5-9(14)15)10(13)11(16)17/h1-4,8,10H,5,13H2,(H,14,15)(H,16,17)/t8?,10-/m0/s1. The number of hydrogen-bond donors (Lipinski definition) is 3. The highest BCUT2D eigenvalue weighted by Crippen LogP contribution is 2.24. The lowest BCUT2D eigenvalue weighted by Gasteiger charge is -2.19. The van der Waals surface area contributed by atoms with E-state index in [1.807, 2.05) is 0 Å². The first kappa shape index (κ1) is 13.7. The third kappa shape index (κ3) is 3.83. The van der Waals surface area contributed by atoms with Crippen LogP contribution in [0.5, 0.6) is 0 Å². The molecule has 4 N–H and O–H groups in total. The van der Waals surface area contributed by atoms with Crippen LogP contribution in [0.3, 0.4) is 0 Å². The summed E-state index contributed by atoms with van der Waals surface area (Å²) in [6.45, 7) is 0. The number of rotatable bonds is 5. The molecule has 2 atom stereocenters. The lowest BCUT2D eigenvalue weighted by Crippen LogP contribution is -2.37. The van der Waals surface area contributed by atoms with Crippen LogP contribution in [0.2, 0.25) is 0 Å². The average Bonchev–Trinajstić information content (AvgIpc) is 2.26. The molecular weight excluding hydrogens is 290 g/mol. The van der Waals surface area contributed by atoms with Crippen LogP contribution in [-0.4, -0.2) is 28.2 Å². The van der Waals surface area contributed by atoms with Crippen molar-refractivity contribution in [1.82, 2.24) is 0 Å². The Kier molecular flexibility index (Phi) is 4.65. The van der Waals surface area contributed by atoms with Crippen molar-refractivity contribution in [3.63, 3.8) is 0 Å². The van der Waals surface area contributed by atoms with Crippen LogP contribution in [0, 0.1) is 0 Å². The van der Waals surface area contributed by atoms with Crippen molar-refractivity contribution >= 4 is 27.9 Å². The fraction of sp³-hybridized carbons (Fsp3) is 0.273. The van der Waals surface area contributed by atoms with Crippen molar-refractivity contribution in [2.45, 2.75) is 18.4 Å². The first-order valence-corrected chi connectivity index (χ1v) is 5.66. The second-order valence-corrected chi connectivity index (χ2v) is 4.54. The van der Waals surface area contributed by atoms with Crippen LogP contribution in [-0.2, 0) is 9.59 Å². The zero-order valence-corrected chi connectivity index (χ0v) is 10.4. The van der Waals surface area contributed by atoms with Gasteiger partial charge < -0.3 is 15.9 Å². The SMILES string of the molecule is N[C@H](C(=O)O)C(CC(=O)O)c1ccc(Br)cc1. The first-order chi connectivity index (χ1) is 7.91. The Hall–Kier alpha value is -1.40. The number of halogens is 1. The molecule has 0 saturated heterocycles. The van der Waals surface area contributed by atoms with Crippen molar-refractivity contribution in [2.24, 2.45) is 5.73 Å². The molecule has 0 aliphatic carbocycles. The summed E-state index contributed by atoms with van der Waals surface area (Å²) in [6, 6.07) is 5.55. The highest BCUT2D eigenvalue weighted by molar-refractivity contribution is 9.10. The van der Waals surface area contributed by atoms with Crippen LogP contribution < -0.4 is 5.73 Å². The number of hydrogen-bond acceptors (Lipinski definition) is 3. The minimum atomic E-state index is -1.23. The molecule has 92 valence electrons. The van der Waals surface area contributed by atoms with Gasteiger partial charge in [0.15, 0.2) is 0 Å². The lowest BCUT2D eigenvalue weighted by atomic mass is 9.89. The van der Waals surface area contributed by atoms with Crippen LogP contribution in [0.25, 0.3) is 0 Å². The smallest absolute Gasteiger partial charge is 0.321 e. The third-order valence-corrected chi connectivity index (χ3v) is 2.94. The highest BCUT2D eigenvalue weighted by atomic mass is 79.9. The Morgan fingerprint density at radius 3 is 2.18 bits per heavy atom. The molecule has 1 aromatic carbocycles. The number of nitrogens with two attached hydrogens (primary N) is 1. The molecule has 1 rings (SSSR count). The molecule has 0 radical (unpaired) electrons. The van der Waals surface area contributed by atoms with E-state index in [0.717, 1.165) is 4.47 Å². The molecule has 0 amide bonds. The molecule has 0 aliphatic heterocycles. The van der Waals surface area contributed by atoms with Gasteiger partial charge in [0.05, 0.1) is 6.42 Å². The summed E-state index contributed by atoms with van der Waals surface area (Å²) in [7, 11) is 0. The van der Waals surface area contributed by atoms with E-state index in [4.69, 9.17) is 15.9 Å². The van der Waals surface area contributed by atoms with Gasteiger partial charge in [0.25, 0.3) is 0 Å². The van der Waals surface area contributed by atoms with Crippen molar-refractivity contribution < 1.29 is 19.8 Å². The maximum Gasteiger partial charge on any atom is 0.321 e. The van der Waals surface area contributed by atoms with Crippen molar-refractivity contribution in [1.29, 1.82) is 0 Å². The molecule has 0 aliphatic rings. The van der Waals surface area contributed by atoms with E-state index in [9.17, 15) is 9.59 Å². The molecular formula is C11H12BrNO4. The van der Waals surface area contributed by atoms with E-state index >= 15 is 0 Å². The second kappa shape index (κ2) is 5.79. The van der Waals surface area contributed by atoms with E-state index in [2.05, 4.69) is 15.9 Å². The Balaban J connectivity index is 3.01. The van der Waals surface area contributed by atoms with Gasteiger partial charge in [0.2, 0.25) is 0 Å². The zero-order valence-electron chi connectivity index (χ0n) is 8.84. The molecule has 0 bridgehead atoms. The van der Waals surface area contributed by atoms with E-state index in [1.54, 1.807) is 24.3 Å². The van der Waals surface area contributed by atoms with Crippen LogP contribution in [0.4, 0.5) is 0 Å². The summed E-state index contributed by atoms with van der Waals surface area (Å²) in [6.07, 6.45) is -0.310. The first-order valence-electron chi connectivity index (χ1n) is 4.87. The number of carbonyl (C=O) groups is 2. The minimum Gasteiger partial charge on any atom is -0.481 e. The minimum absolute atomic E-state index is 0.310. The molecule has 17 heavy (non-hydrogen) atoms. The van der Waals surface area contributed by atoms with E-state index in [1.165, 1.54) is 0 Å². The normalized spacial score (nSPS) is 14.0. The van der Waals surface area contributed by atoms with Gasteiger partial charge >= 0.3 is 11.9 Å². The van der Waals surface area contributed by atoms with Gasteiger partial charge in [0, 0.05) is 10.4 Å². The Morgan fingerprint density at radius 1 is 1.24 bits per heavy atom. The fourth-order valence-corrected chi connectivity index (χ4v) is 1.79. The topological polar surface area (TPSA) is 101 Å². The largest absolute Gasteiger partial charge is 0.481 e. The van der Waals surface area contributed by atoms with E-state index < -0.39 is 23.9 Å². The molecule has 1 unspecified atom stereocenters. The Bertz CT molecular complexity index is 418. The van der Waals surface area contributed by atoms with Gasteiger partial charge in [-0.1, -0.05) is 28.1 Å². The maximum absolute atomic E-state index is 10.8. The van der Waals surface area contributed by atoms with Gasteiger partial charge in [-0.2, -0.15) is 0 Å². The molecule has 6 heteroatoms. The average molecular weight is 302 g/mol. The van der Waals surface area contributed by atoms with E-state index in [-0.39, 0.29) is 6.42 Å². The summed E-state index contributed by atoms with van der Waals surface area (Å²) in [4.78, 5) is 21.6. The van der Waals surface area contributed by atoms with Gasteiger partial charge in [0.1, 0.15) is 6.04 Å². The number of benzene rings is 1. The van der Waals surface area contributed by atoms with Gasteiger partial charge in [-0.05, 0) is 17.7 Å². The number of aliphatic carboxylic acids is 2. The summed E-state index contributed by atoms with van der Waals surface area (Å²) >= 11 is 3.25. The second-order valence-electron chi connectivity index (χ2n) is 3.62. The summed E-state index contributed by atoms with van der Waals surface area (Å²) in [5, 5.41) is 17.6. The van der Waals surface area contributed by atoms with E-state index in [0.29, 0.717) is 5.56 Å². The van der Waals surface area contributed by atoms with Gasteiger partial charge in [-0.25, -0.2) is 0 Å². The molecule has 0 heterocycles. The summed E-state index contributed by atoms with van der Waals surface area (Å²) in [5.74, 6) is -3.02. The zero-order chi connectivity index (χ0) is 13.0. The maximum atomic E-state index is 10.8. The Labute approximate surface area is 106 Å². The van der Waals surface area contributed by atoms with Crippen LogP contribution in [0.15, 0.2) is 28.7 Å². The van der Waals surface area contributed by atoms with Crippen LogP contribution in [0.1, 0.15) is 17.9 Å². The molecule has 0 aromatic heterocycles. The monoisotopic (exact) mass is 301 g/mol. The lowest BCUT2D eigenvalue weighted by molar-refractivity contribution is -0.140. The molecule has 0 spiro atoms. The quantitative estimate of drug-likeness (QED) is 0.763. The highest BCUT2D eigenvalue weighted by Gasteiger charge is 2.27. The van der Waals surface area contributed by atoms with Crippen LogP contribution >= 0.6 is 15.9 Å². The van der Waals surface area contributed by atoms with Gasteiger partial charge in [-0.3, -0.25) is 9.59 Å². The Morgan fingerprint density at radius 2 is 1.76 bits per heavy atom. The predicted molar refractivity (Wildman–Crippen MR) is 64.7 cm³/mol. The summed E-state index contributed by atoms with van der Waals surface area (Å²) < 4.78 is 0.833. The summed E-state index contributed by atoms with van der Waals surface area (Å²) in [5.41, 5.74) is 6.11. The molecule has 5 nitrogen and oxygen atoms in total. The number of carboxylic acid groups (broad SMARTS) is 2. The molecule has 0 fully saturated rings. The third-order valence-electron chi connectivity index (χ3n) is 2.41. The number of carboxylic acids is 2. The van der Waals surface area contributed by atoms with Crippen molar-refractivity contribution in [3.8, 4) is 0 Å².